The van der Waals surface area contributed by atoms with Gasteiger partial charge in [0.15, 0.2) is 6.10 Å². The molecule has 2 aromatic rings. The van der Waals surface area contributed by atoms with Crippen molar-refractivity contribution in [3.05, 3.63) is 48.0 Å². The predicted molar refractivity (Wildman–Crippen MR) is 131 cm³/mol. The maximum absolute atomic E-state index is 12.8. The van der Waals surface area contributed by atoms with Gasteiger partial charge in [-0.2, -0.15) is 0 Å². The topological polar surface area (TPSA) is 108 Å². The van der Waals surface area contributed by atoms with Crippen molar-refractivity contribution in [2.75, 3.05) is 63.7 Å². The number of morpholine rings is 1. The van der Waals surface area contributed by atoms with Crippen molar-refractivity contribution in [2.45, 2.75) is 17.9 Å². The first-order valence-corrected chi connectivity index (χ1v) is 12.9. The predicted octanol–water partition coefficient (Wildman–Crippen LogP) is 1.64. The van der Waals surface area contributed by atoms with E-state index in [1.807, 2.05) is 0 Å². The van der Waals surface area contributed by atoms with Crippen LogP contribution in [0.2, 0.25) is 0 Å². The van der Waals surface area contributed by atoms with E-state index in [-0.39, 0.29) is 16.7 Å². The summed E-state index contributed by atoms with van der Waals surface area (Å²) in [5.41, 5.74) is 1.49. The van der Waals surface area contributed by atoms with Crippen molar-refractivity contribution in [3.8, 4) is 5.75 Å². The molecule has 1 atom stereocenters. The van der Waals surface area contributed by atoms with Gasteiger partial charge in [0, 0.05) is 57.6 Å². The van der Waals surface area contributed by atoms with E-state index in [0.29, 0.717) is 42.4 Å². The molecule has 0 bridgehead atoms. The number of hydrogen-bond donors (Lipinski definition) is 1. The van der Waals surface area contributed by atoms with Crippen LogP contribution in [0.3, 0.4) is 0 Å². The molecular weight excluding hydrogens is 472 g/mol. The number of fused-ring (bicyclic) bond motifs is 1. The number of anilines is 2. The Labute approximate surface area is 205 Å². The second-order valence-electron chi connectivity index (χ2n) is 8.65. The summed E-state index contributed by atoms with van der Waals surface area (Å²) in [6.45, 7) is 6.05. The van der Waals surface area contributed by atoms with E-state index in [0.717, 1.165) is 23.9 Å². The third-order valence-electron chi connectivity index (χ3n) is 6.06. The fourth-order valence-electron chi connectivity index (χ4n) is 3.98. The maximum atomic E-state index is 12.8. The first-order chi connectivity index (χ1) is 16.7. The monoisotopic (exact) mass is 502 g/mol. The highest BCUT2D eigenvalue weighted by Gasteiger charge is 2.32. The zero-order valence-corrected chi connectivity index (χ0v) is 20.9. The van der Waals surface area contributed by atoms with Gasteiger partial charge in [-0.05, 0) is 43.3 Å². The van der Waals surface area contributed by atoms with Gasteiger partial charge in [-0.25, -0.2) is 12.7 Å². The minimum absolute atomic E-state index is 0.102. The van der Waals surface area contributed by atoms with Gasteiger partial charge in [-0.15, -0.1) is 0 Å². The average Bonchev–Trinajstić information content (AvgIpc) is 2.85. The molecule has 1 fully saturated rings. The number of rotatable bonds is 7. The van der Waals surface area contributed by atoms with Crippen LogP contribution in [0, 0.1) is 0 Å². The van der Waals surface area contributed by atoms with Gasteiger partial charge >= 0.3 is 0 Å². The van der Waals surface area contributed by atoms with Crippen LogP contribution in [0.4, 0.5) is 11.4 Å². The smallest absolute Gasteiger partial charge is 0.267 e. The van der Waals surface area contributed by atoms with Crippen LogP contribution in [0.15, 0.2) is 47.4 Å². The summed E-state index contributed by atoms with van der Waals surface area (Å²) in [5.74, 6) is 0.0301. The molecule has 0 aliphatic carbocycles. The van der Waals surface area contributed by atoms with Gasteiger partial charge in [0.1, 0.15) is 5.75 Å². The van der Waals surface area contributed by atoms with Crippen LogP contribution in [0.5, 0.6) is 5.75 Å². The fourth-order valence-corrected chi connectivity index (χ4v) is 4.88. The van der Waals surface area contributed by atoms with E-state index >= 15 is 0 Å². The lowest BCUT2D eigenvalue weighted by Gasteiger charge is -2.35. The van der Waals surface area contributed by atoms with E-state index in [2.05, 4.69) is 10.2 Å². The largest absolute Gasteiger partial charge is 0.479 e. The standard InChI is InChI=1S/C24H30N4O6S/c1-17-24(30)28(11-10-27-12-14-33-15-13-27)21-9-6-19(16-22(21)34-17)25-23(29)18-4-7-20(8-5-18)35(31,32)26(2)3/h4-9,16-17H,10-15H2,1-3H3,(H,25,29). The zero-order valence-electron chi connectivity index (χ0n) is 20.1. The number of carbonyl (C=O) groups excluding carboxylic acids is 2. The molecule has 2 amide bonds. The molecule has 2 aromatic carbocycles. The SMILES string of the molecule is CC1Oc2cc(NC(=O)c3ccc(S(=O)(=O)N(C)C)cc3)ccc2N(CCN2CCOCC2)C1=O. The fraction of sp³-hybridized carbons (Fsp3) is 0.417. The van der Waals surface area contributed by atoms with Crippen molar-refractivity contribution in [1.82, 2.24) is 9.21 Å². The third kappa shape index (κ3) is 5.48. The number of benzene rings is 2. The van der Waals surface area contributed by atoms with Crippen molar-refractivity contribution in [2.24, 2.45) is 0 Å². The summed E-state index contributed by atoms with van der Waals surface area (Å²) in [7, 11) is -0.671. The lowest BCUT2D eigenvalue weighted by atomic mass is 10.1. The molecule has 11 heteroatoms. The Kier molecular flexibility index (Phi) is 7.41. The Morgan fingerprint density at radius 2 is 1.77 bits per heavy atom. The van der Waals surface area contributed by atoms with Gasteiger partial charge in [-0.3, -0.25) is 14.5 Å². The lowest BCUT2D eigenvalue weighted by molar-refractivity contribution is -0.125. The number of nitrogens with one attached hydrogen (secondary N) is 1. The highest BCUT2D eigenvalue weighted by Crippen LogP contribution is 2.36. The second-order valence-corrected chi connectivity index (χ2v) is 10.8. The Bertz CT molecular complexity index is 1190. The van der Waals surface area contributed by atoms with Crippen LogP contribution in [0.1, 0.15) is 17.3 Å². The molecule has 0 radical (unpaired) electrons. The van der Waals surface area contributed by atoms with E-state index in [1.165, 1.54) is 38.4 Å². The maximum Gasteiger partial charge on any atom is 0.267 e. The van der Waals surface area contributed by atoms with Gasteiger partial charge < -0.3 is 19.7 Å². The minimum Gasteiger partial charge on any atom is -0.479 e. The number of hydrogen-bond acceptors (Lipinski definition) is 7. The molecule has 1 N–H and O–H groups in total. The number of nitrogens with zero attached hydrogens (tertiary/aromatic N) is 3. The Hall–Kier alpha value is -2.99. The summed E-state index contributed by atoms with van der Waals surface area (Å²) in [5, 5.41) is 2.81. The van der Waals surface area contributed by atoms with E-state index in [4.69, 9.17) is 9.47 Å². The first kappa shape index (κ1) is 25.1. The second kappa shape index (κ2) is 10.3. The first-order valence-electron chi connectivity index (χ1n) is 11.4. The van der Waals surface area contributed by atoms with Gasteiger partial charge in [0.05, 0.1) is 23.8 Å². The molecule has 188 valence electrons. The molecule has 2 aliphatic rings. The van der Waals surface area contributed by atoms with E-state index in [1.54, 1.807) is 30.0 Å². The van der Waals surface area contributed by atoms with Crippen LogP contribution < -0.4 is 15.0 Å². The van der Waals surface area contributed by atoms with E-state index < -0.39 is 16.1 Å². The van der Waals surface area contributed by atoms with Crippen LogP contribution in [-0.2, 0) is 19.6 Å². The van der Waals surface area contributed by atoms with Gasteiger partial charge in [0.25, 0.3) is 11.8 Å². The lowest BCUT2D eigenvalue weighted by Crippen LogP contribution is -2.48. The summed E-state index contributed by atoms with van der Waals surface area (Å²) in [6, 6.07) is 10.9. The van der Waals surface area contributed by atoms with Crippen molar-refractivity contribution in [3.63, 3.8) is 0 Å². The Morgan fingerprint density at radius 1 is 1.09 bits per heavy atom. The third-order valence-corrected chi connectivity index (χ3v) is 7.89. The Morgan fingerprint density at radius 3 is 2.43 bits per heavy atom. The summed E-state index contributed by atoms with van der Waals surface area (Å²) in [4.78, 5) is 29.6. The van der Waals surface area contributed by atoms with Crippen molar-refractivity contribution in [1.29, 1.82) is 0 Å². The zero-order chi connectivity index (χ0) is 25.2. The molecule has 0 aromatic heterocycles. The highest BCUT2D eigenvalue weighted by atomic mass is 32.2. The summed E-state index contributed by atoms with van der Waals surface area (Å²) in [6.07, 6.45) is -0.635. The van der Waals surface area contributed by atoms with Crippen LogP contribution in [0.25, 0.3) is 0 Å². The van der Waals surface area contributed by atoms with Crippen molar-refractivity contribution >= 4 is 33.2 Å². The van der Waals surface area contributed by atoms with Crippen LogP contribution >= 0.6 is 0 Å². The molecule has 2 heterocycles. The summed E-state index contributed by atoms with van der Waals surface area (Å²) >= 11 is 0. The van der Waals surface area contributed by atoms with Gasteiger partial charge in [-0.1, -0.05) is 0 Å². The molecule has 1 saturated heterocycles. The number of ether oxygens (including phenoxy) is 2. The quantitative estimate of drug-likeness (QED) is 0.613. The number of carbonyl (C=O) groups is 2. The molecule has 0 saturated carbocycles. The molecule has 35 heavy (non-hydrogen) atoms. The van der Waals surface area contributed by atoms with Gasteiger partial charge in [0.2, 0.25) is 10.0 Å². The van der Waals surface area contributed by atoms with Crippen molar-refractivity contribution < 1.29 is 27.5 Å². The highest BCUT2D eigenvalue weighted by molar-refractivity contribution is 7.89. The molecule has 1 unspecified atom stereocenters. The molecule has 10 nitrogen and oxygen atoms in total. The molecular formula is C24H30N4O6S. The molecule has 2 aliphatic heterocycles. The number of sulfonamides is 1. The Balaban J connectivity index is 1.47. The summed E-state index contributed by atoms with van der Waals surface area (Å²) < 4.78 is 36.8. The van der Waals surface area contributed by atoms with E-state index in [9.17, 15) is 18.0 Å². The number of amides is 2. The molecule has 4 rings (SSSR count). The normalized spacial score (nSPS) is 18.8. The molecule has 0 spiro atoms. The average molecular weight is 503 g/mol. The minimum atomic E-state index is -3.57. The van der Waals surface area contributed by atoms with Crippen LogP contribution in [-0.4, -0.2) is 89.0 Å².